The van der Waals surface area contributed by atoms with Crippen molar-refractivity contribution in [1.29, 1.82) is 0 Å². The summed E-state index contributed by atoms with van der Waals surface area (Å²) in [5, 5.41) is 3.27. The summed E-state index contributed by atoms with van der Waals surface area (Å²) >= 11 is 5.48. The first-order valence-corrected chi connectivity index (χ1v) is 7.27. The van der Waals surface area contributed by atoms with Gasteiger partial charge in [-0.3, -0.25) is 0 Å². The van der Waals surface area contributed by atoms with Gasteiger partial charge in [-0.25, -0.2) is 0 Å². The van der Waals surface area contributed by atoms with Crippen molar-refractivity contribution >= 4 is 38.2 Å². The van der Waals surface area contributed by atoms with Crippen LogP contribution in [0, 0.1) is 0 Å². The van der Waals surface area contributed by atoms with E-state index in [9.17, 15) is 0 Å². The topological polar surface area (TPSA) is 13.1 Å². The van der Waals surface area contributed by atoms with E-state index in [2.05, 4.69) is 45.6 Å². The van der Waals surface area contributed by atoms with Crippen LogP contribution in [-0.2, 0) is 6.42 Å². The van der Waals surface area contributed by atoms with Crippen molar-refractivity contribution in [3.05, 3.63) is 58.5 Å². The Bertz CT molecular complexity index is 579. The molecular formula is C14H11BrOS. The Labute approximate surface area is 112 Å². The number of hydrogen-bond acceptors (Lipinski definition) is 2. The van der Waals surface area contributed by atoms with Gasteiger partial charge in [-0.1, -0.05) is 40.2 Å². The predicted molar refractivity (Wildman–Crippen MR) is 75.9 cm³/mol. The summed E-state index contributed by atoms with van der Waals surface area (Å²) in [6.07, 6.45) is 0.970. The second kappa shape index (κ2) is 4.67. The Hall–Kier alpha value is -1.06. The monoisotopic (exact) mass is 306 g/mol. The van der Waals surface area contributed by atoms with E-state index in [0.717, 1.165) is 23.2 Å². The van der Waals surface area contributed by atoms with Crippen molar-refractivity contribution in [2.45, 2.75) is 11.2 Å². The molecule has 86 valence electrons. The summed E-state index contributed by atoms with van der Waals surface area (Å²) in [5.41, 5.74) is 0.957. The number of thiophene rings is 1. The number of furan rings is 1. The van der Waals surface area contributed by atoms with Crippen molar-refractivity contribution in [1.82, 2.24) is 0 Å². The van der Waals surface area contributed by atoms with Crippen LogP contribution in [0.4, 0.5) is 0 Å². The number of halogens is 1. The molecule has 17 heavy (non-hydrogen) atoms. The Morgan fingerprint density at radius 1 is 1.18 bits per heavy atom. The molecule has 0 fully saturated rings. The summed E-state index contributed by atoms with van der Waals surface area (Å²) in [4.78, 5) is 1.61. The van der Waals surface area contributed by atoms with E-state index in [-0.39, 0.29) is 4.83 Å². The van der Waals surface area contributed by atoms with Gasteiger partial charge in [0.25, 0.3) is 0 Å². The fraction of sp³-hybridized carbons (Fsp3) is 0.143. The van der Waals surface area contributed by atoms with Gasteiger partial charge in [0.1, 0.15) is 11.3 Å². The molecule has 1 nitrogen and oxygen atoms in total. The van der Waals surface area contributed by atoms with Crippen LogP contribution in [0.1, 0.15) is 15.5 Å². The number of para-hydroxylation sites is 1. The average molecular weight is 307 g/mol. The number of hydrogen-bond donors (Lipinski definition) is 0. The quantitative estimate of drug-likeness (QED) is 0.608. The molecule has 0 bridgehead atoms. The van der Waals surface area contributed by atoms with Crippen molar-refractivity contribution in [3.63, 3.8) is 0 Å². The minimum Gasteiger partial charge on any atom is -0.460 e. The van der Waals surface area contributed by atoms with Crippen LogP contribution < -0.4 is 0 Å². The molecule has 1 atom stereocenters. The van der Waals surface area contributed by atoms with Crippen LogP contribution in [0.3, 0.4) is 0 Å². The number of rotatable bonds is 3. The highest BCUT2D eigenvalue weighted by Gasteiger charge is 2.14. The van der Waals surface area contributed by atoms with Crippen LogP contribution >= 0.6 is 27.3 Å². The van der Waals surface area contributed by atoms with Crippen LogP contribution in [0.2, 0.25) is 0 Å². The molecule has 0 saturated heterocycles. The molecule has 0 radical (unpaired) electrons. The predicted octanol–water partition coefficient (Wildman–Crippen LogP) is 5.17. The van der Waals surface area contributed by atoms with E-state index < -0.39 is 0 Å². The van der Waals surface area contributed by atoms with Gasteiger partial charge in [0.2, 0.25) is 0 Å². The summed E-state index contributed by atoms with van der Waals surface area (Å²) in [7, 11) is 0. The van der Waals surface area contributed by atoms with Gasteiger partial charge in [0.15, 0.2) is 0 Å². The van der Waals surface area contributed by atoms with Gasteiger partial charge >= 0.3 is 0 Å². The lowest BCUT2D eigenvalue weighted by atomic mass is 10.2. The maximum atomic E-state index is 5.84. The second-order valence-corrected chi connectivity index (χ2v) is 6.08. The minimum absolute atomic E-state index is 0.244. The van der Waals surface area contributed by atoms with Crippen molar-refractivity contribution < 1.29 is 4.42 Å². The fourth-order valence-electron chi connectivity index (χ4n) is 1.86. The summed E-state index contributed by atoms with van der Waals surface area (Å²) < 4.78 is 5.84. The van der Waals surface area contributed by atoms with E-state index in [1.807, 2.05) is 18.2 Å². The lowest BCUT2D eigenvalue weighted by Gasteiger charge is -2.03. The van der Waals surface area contributed by atoms with Gasteiger partial charge < -0.3 is 4.42 Å². The fourth-order valence-corrected chi connectivity index (χ4v) is 3.40. The van der Waals surface area contributed by atoms with E-state index >= 15 is 0 Å². The molecule has 0 aliphatic carbocycles. The van der Waals surface area contributed by atoms with Crippen LogP contribution in [0.25, 0.3) is 11.0 Å². The molecule has 2 aromatic heterocycles. The van der Waals surface area contributed by atoms with Crippen molar-refractivity contribution in [2.24, 2.45) is 0 Å². The standard InChI is InChI=1S/C14H11BrOS/c15-12(9-11-5-3-7-17-11)14-8-10-4-1-2-6-13(10)16-14/h1-8,12H,9H2. The molecule has 3 aromatic rings. The van der Waals surface area contributed by atoms with Crippen LogP contribution in [0.5, 0.6) is 0 Å². The Morgan fingerprint density at radius 3 is 2.82 bits per heavy atom. The molecular weight excluding hydrogens is 296 g/mol. The number of benzene rings is 1. The molecule has 0 spiro atoms. The third kappa shape index (κ3) is 2.31. The van der Waals surface area contributed by atoms with Gasteiger partial charge in [-0.15, -0.1) is 11.3 Å². The van der Waals surface area contributed by atoms with E-state index in [1.165, 1.54) is 4.88 Å². The van der Waals surface area contributed by atoms with Gasteiger partial charge in [-0.05, 0) is 23.6 Å². The zero-order valence-electron chi connectivity index (χ0n) is 9.10. The second-order valence-electron chi connectivity index (χ2n) is 3.94. The largest absolute Gasteiger partial charge is 0.460 e. The summed E-state index contributed by atoms with van der Waals surface area (Å²) in [6.45, 7) is 0. The maximum Gasteiger partial charge on any atom is 0.134 e. The first kappa shape index (κ1) is 11.1. The lowest BCUT2D eigenvalue weighted by molar-refractivity contribution is 0.546. The minimum atomic E-state index is 0.244. The highest BCUT2D eigenvalue weighted by atomic mass is 79.9. The van der Waals surface area contributed by atoms with Gasteiger partial charge in [0, 0.05) is 16.7 Å². The zero-order chi connectivity index (χ0) is 11.7. The maximum absolute atomic E-state index is 5.84. The highest BCUT2D eigenvalue weighted by Crippen LogP contribution is 2.32. The molecule has 0 aliphatic heterocycles. The first-order chi connectivity index (χ1) is 8.33. The van der Waals surface area contributed by atoms with Crippen molar-refractivity contribution in [2.75, 3.05) is 0 Å². The van der Waals surface area contributed by atoms with Gasteiger partial charge in [-0.2, -0.15) is 0 Å². The molecule has 3 rings (SSSR count). The van der Waals surface area contributed by atoms with Crippen LogP contribution in [-0.4, -0.2) is 0 Å². The third-order valence-corrected chi connectivity index (χ3v) is 4.39. The summed E-state index contributed by atoms with van der Waals surface area (Å²) in [6, 6.07) is 14.5. The lowest BCUT2D eigenvalue weighted by Crippen LogP contribution is -1.90. The molecule has 0 saturated carbocycles. The molecule has 1 aromatic carbocycles. The Kier molecular flexibility index (Phi) is 3.04. The number of fused-ring (bicyclic) bond motifs is 1. The smallest absolute Gasteiger partial charge is 0.134 e. The van der Waals surface area contributed by atoms with E-state index in [4.69, 9.17) is 4.42 Å². The molecule has 2 heterocycles. The van der Waals surface area contributed by atoms with Gasteiger partial charge in [0.05, 0.1) is 4.83 Å². The molecule has 1 unspecified atom stereocenters. The number of alkyl halides is 1. The van der Waals surface area contributed by atoms with Crippen molar-refractivity contribution in [3.8, 4) is 0 Å². The Balaban J connectivity index is 1.88. The SMILES string of the molecule is BrC(Cc1cccs1)c1cc2ccccc2o1. The van der Waals surface area contributed by atoms with E-state index in [0.29, 0.717) is 0 Å². The normalized spacial score (nSPS) is 13.0. The highest BCUT2D eigenvalue weighted by molar-refractivity contribution is 9.09. The molecule has 0 aliphatic rings. The van der Waals surface area contributed by atoms with Crippen LogP contribution in [0.15, 0.2) is 52.3 Å². The summed E-state index contributed by atoms with van der Waals surface area (Å²) in [5.74, 6) is 1.000. The molecule has 3 heteroatoms. The first-order valence-electron chi connectivity index (χ1n) is 5.48. The average Bonchev–Trinajstić information content (AvgIpc) is 2.96. The molecule has 0 N–H and O–H groups in total. The zero-order valence-corrected chi connectivity index (χ0v) is 11.5. The third-order valence-electron chi connectivity index (χ3n) is 2.71. The van der Waals surface area contributed by atoms with E-state index in [1.54, 1.807) is 11.3 Å². The molecule has 0 amide bonds. The Morgan fingerprint density at radius 2 is 2.06 bits per heavy atom.